The van der Waals surface area contributed by atoms with Gasteiger partial charge in [0.05, 0.1) is 30.6 Å². The molecule has 1 atom stereocenters. The summed E-state index contributed by atoms with van der Waals surface area (Å²) in [6, 6.07) is 4.20. The number of aromatic nitrogens is 6. The predicted octanol–water partition coefficient (Wildman–Crippen LogP) is 1.61. The highest BCUT2D eigenvalue weighted by atomic mass is 15.3. The lowest BCUT2D eigenvalue weighted by molar-refractivity contribution is 0.522. The average Bonchev–Trinajstić information content (AvgIpc) is 3.11. The number of piperidine rings is 1. The molecule has 0 radical (unpaired) electrons. The van der Waals surface area contributed by atoms with Gasteiger partial charge in [-0.15, -0.1) is 0 Å². The van der Waals surface area contributed by atoms with E-state index in [2.05, 4.69) is 41.3 Å². The fraction of sp³-hybridized carbons (Fsp3) is 0.412. The maximum atomic E-state index is 8.78. The summed E-state index contributed by atoms with van der Waals surface area (Å²) in [4.78, 5) is 19.6. The van der Waals surface area contributed by atoms with Gasteiger partial charge in [-0.2, -0.15) is 10.4 Å². The van der Waals surface area contributed by atoms with Gasteiger partial charge in [-0.25, -0.2) is 24.6 Å². The third-order valence-electron chi connectivity index (χ3n) is 4.47. The normalized spacial score (nSPS) is 17.2. The molecule has 0 bridgehead atoms. The van der Waals surface area contributed by atoms with Crippen molar-refractivity contribution in [2.24, 2.45) is 0 Å². The van der Waals surface area contributed by atoms with Gasteiger partial charge < -0.3 is 10.2 Å². The van der Waals surface area contributed by atoms with Crippen molar-refractivity contribution in [2.75, 3.05) is 23.3 Å². The Balaban J connectivity index is 1.52. The number of aryl methyl sites for hydroxylation is 1. The Kier molecular flexibility index (Phi) is 4.55. The fourth-order valence-electron chi connectivity index (χ4n) is 3.25. The molecule has 0 aliphatic carbocycles. The SMILES string of the molecule is N#CCCn1ncc2c(N[C@H]3CCCN(c4ncccn4)C3)ncnc21. The van der Waals surface area contributed by atoms with Crippen LogP contribution in [0.5, 0.6) is 0 Å². The van der Waals surface area contributed by atoms with Gasteiger partial charge in [0, 0.05) is 31.5 Å². The van der Waals surface area contributed by atoms with Crippen LogP contribution < -0.4 is 10.2 Å². The molecule has 4 heterocycles. The summed E-state index contributed by atoms with van der Waals surface area (Å²) in [6.45, 7) is 2.30. The van der Waals surface area contributed by atoms with Gasteiger partial charge in [-0.1, -0.05) is 0 Å². The van der Waals surface area contributed by atoms with Crippen molar-refractivity contribution in [3.8, 4) is 6.07 Å². The van der Waals surface area contributed by atoms with Gasteiger partial charge in [-0.3, -0.25) is 0 Å². The van der Waals surface area contributed by atoms with Crippen molar-refractivity contribution in [3.05, 3.63) is 31.0 Å². The standard InChI is InChI=1S/C17H19N9/c18-5-2-9-26-16-14(10-23-26)15(21-12-22-16)24-13-4-1-8-25(11-13)17-19-6-3-7-20-17/h3,6-7,10,12-13H,1-2,4,8-9,11H2,(H,21,22,24)/t13-/m0/s1. The molecule has 3 aromatic heterocycles. The van der Waals surface area contributed by atoms with Crippen molar-refractivity contribution in [1.82, 2.24) is 29.7 Å². The zero-order valence-electron chi connectivity index (χ0n) is 14.3. The first-order valence-corrected chi connectivity index (χ1v) is 8.67. The van der Waals surface area contributed by atoms with E-state index in [0.29, 0.717) is 13.0 Å². The van der Waals surface area contributed by atoms with E-state index in [1.807, 2.05) is 6.07 Å². The topological polar surface area (TPSA) is 108 Å². The van der Waals surface area contributed by atoms with Crippen LogP contribution in [0.3, 0.4) is 0 Å². The number of nitriles is 1. The second-order valence-electron chi connectivity index (χ2n) is 6.21. The van der Waals surface area contributed by atoms with Crippen molar-refractivity contribution >= 4 is 22.8 Å². The minimum absolute atomic E-state index is 0.244. The largest absolute Gasteiger partial charge is 0.365 e. The van der Waals surface area contributed by atoms with E-state index in [9.17, 15) is 0 Å². The quantitative estimate of drug-likeness (QED) is 0.740. The molecule has 0 saturated carbocycles. The summed E-state index contributed by atoms with van der Waals surface area (Å²) < 4.78 is 1.75. The van der Waals surface area contributed by atoms with Gasteiger partial charge in [-0.05, 0) is 18.9 Å². The number of hydrogen-bond acceptors (Lipinski definition) is 8. The van der Waals surface area contributed by atoms with E-state index < -0.39 is 0 Å². The van der Waals surface area contributed by atoms with E-state index in [0.717, 1.165) is 48.7 Å². The van der Waals surface area contributed by atoms with Crippen molar-refractivity contribution in [3.63, 3.8) is 0 Å². The van der Waals surface area contributed by atoms with Gasteiger partial charge in [0.1, 0.15) is 12.1 Å². The maximum absolute atomic E-state index is 8.78. The van der Waals surface area contributed by atoms with Gasteiger partial charge in [0.2, 0.25) is 5.95 Å². The summed E-state index contributed by atoms with van der Waals surface area (Å²) in [5.41, 5.74) is 0.747. The number of fused-ring (bicyclic) bond motifs is 1. The second-order valence-corrected chi connectivity index (χ2v) is 6.21. The maximum Gasteiger partial charge on any atom is 0.225 e. The number of anilines is 2. The molecule has 0 aromatic carbocycles. The fourth-order valence-corrected chi connectivity index (χ4v) is 3.25. The Labute approximate surface area is 150 Å². The monoisotopic (exact) mass is 349 g/mol. The Morgan fingerprint density at radius 3 is 2.96 bits per heavy atom. The van der Waals surface area contributed by atoms with Crippen LogP contribution >= 0.6 is 0 Å². The molecule has 1 N–H and O–H groups in total. The lowest BCUT2D eigenvalue weighted by atomic mass is 10.1. The van der Waals surface area contributed by atoms with Gasteiger partial charge >= 0.3 is 0 Å². The zero-order chi connectivity index (χ0) is 17.8. The predicted molar refractivity (Wildman–Crippen MR) is 96.4 cm³/mol. The second kappa shape index (κ2) is 7.31. The number of nitrogens with zero attached hydrogens (tertiary/aromatic N) is 8. The molecule has 1 fully saturated rings. The number of rotatable bonds is 5. The molecule has 132 valence electrons. The highest BCUT2D eigenvalue weighted by Crippen LogP contribution is 2.23. The molecule has 0 unspecified atom stereocenters. The zero-order valence-corrected chi connectivity index (χ0v) is 14.3. The Morgan fingerprint density at radius 2 is 2.12 bits per heavy atom. The molecule has 3 aromatic rings. The molecule has 9 heteroatoms. The summed E-state index contributed by atoms with van der Waals surface area (Å²) in [6.07, 6.45) is 9.35. The average molecular weight is 349 g/mol. The lowest BCUT2D eigenvalue weighted by Gasteiger charge is -2.33. The van der Waals surface area contributed by atoms with Crippen molar-refractivity contribution in [1.29, 1.82) is 5.26 Å². The van der Waals surface area contributed by atoms with Crippen molar-refractivity contribution < 1.29 is 0 Å². The molecule has 0 spiro atoms. The molecule has 1 aliphatic rings. The molecule has 1 saturated heterocycles. The third kappa shape index (κ3) is 3.26. The molecule has 4 rings (SSSR count). The smallest absolute Gasteiger partial charge is 0.225 e. The third-order valence-corrected chi connectivity index (χ3v) is 4.47. The van der Waals surface area contributed by atoms with Crippen LogP contribution in [0.1, 0.15) is 19.3 Å². The summed E-state index contributed by atoms with van der Waals surface area (Å²) in [5, 5.41) is 17.5. The molecule has 26 heavy (non-hydrogen) atoms. The van der Waals surface area contributed by atoms with Crippen molar-refractivity contribution in [2.45, 2.75) is 31.8 Å². The Morgan fingerprint density at radius 1 is 1.23 bits per heavy atom. The van der Waals surface area contributed by atoms with Gasteiger partial charge in [0.25, 0.3) is 0 Å². The van der Waals surface area contributed by atoms with Crippen LogP contribution in [0.4, 0.5) is 11.8 Å². The molecular weight excluding hydrogens is 330 g/mol. The van der Waals surface area contributed by atoms with Crippen LogP contribution in [-0.4, -0.2) is 48.8 Å². The summed E-state index contributed by atoms with van der Waals surface area (Å²) in [5.74, 6) is 1.54. The summed E-state index contributed by atoms with van der Waals surface area (Å²) in [7, 11) is 0. The van der Waals surface area contributed by atoms with Crippen LogP contribution in [0.15, 0.2) is 31.0 Å². The molecular formula is C17H19N9. The van der Waals surface area contributed by atoms with E-state index in [1.54, 1.807) is 23.3 Å². The Hall–Kier alpha value is -3.28. The Bertz CT molecular complexity index is 915. The first-order valence-electron chi connectivity index (χ1n) is 8.67. The van der Waals surface area contributed by atoms with Crippen LogP contribution in [-0.2, 0) is 6.54 Å². The van der Waals surface area contributed by atoms with Crippen LogP contribution in [0.25, 0.3) is 11.0 Å². The summed E-state index contributed by atoms with van der Waals surface area (Å²) >= 11 is 0. The van der Waals surface area contributed by atoms with E-state index in [-0.39, 0.29) is 6.04 Å². The number of hydrogen-bond donors (Lipinski definition) is 1. The first-order chi connectivity index (χ1) is 12.8. The molecule has 1 aliphatic heterocycles. The molecule has 9 nitrogen and oxygen atoms in total. The molecule has 0 amide bonds. The first kappa shape index (κ1) is 16.2. The number of nitrogens with one attached hydrogen (secondary N) is 1. The highest BCUT2D eigenvalue weighted by Gasteiger charge is 2.22. The minimum Gasteiger partial charge on any atom is -0.365 e. The van der Waals surface area contributed by atoms with E-state index in [1.165, 1.54) is 6.33 Å². The van der Waals surface area contributed by atoms with Gasteiger partial charge in [0.15, 0.2) is 5.65 Å². The lowest BCUT2D eigenvalue weighted by Crippen LogP contribution is -2.43. The van der Waals surface area contributed by atoms with Crippen LogP contribution in [0, 0.1) is 11.3 Å². The minimum atomic E-state index is 0.244. The van der Waals surface area contributed by atoms with Crippen LogP contribution in [0.2, 0.25) is 0 Å². The van der Waals surface area contributed by atoms with E-state index in [4.69, 9.17) is 5.26 Å². The highest BCUT2D eigenvalue weighted by molar-refractivity contribution is 5.86. The van der Waals surface area contributed by atoms with E-state index >= 15 is 0 Å².